The minimum atomic E-state index is -0.341. The van der Waals surface area contributed by atoms with Crippen molar-refractivity contribution in [3.8, 4) is 0 Å². The van der Waals surface area contributed by atoms with Crippen LogP contribution in [0.15, 0.2) is 0 Å². The summed E-state index contributed by atoms with van der Waals surface area (Å²) in [4.78, 5) is 23.0. The number of hydrogen-bond acceptors (Lipinski definition) is 3. The zero-order chi connectivity index (χ0) is 12.0. The Bertz CT molecular complexity index is 249. The van der Waals surface area contributed by atoms with Crippen LogP contribution < -0.4 is 16.8 Å². The lowest BCUT2D eigenvalue weighted by molar-refractivity contribution is -0.118. The summed E-state index contributed by atoms with van der Waals surface area (Å²) in [7, 11) is 0. The predicted octanol–water partition coefficient (Wildman–Crippen LogP) is -0.615. The molecule has 1 heterocycles. The van der Waals surface area contributed by atoms with Gasteiger partial charge >= 0.3 is 6.03 Å². The Hall–Kier alpha value is -1.30. The summed E-state index contributed by atoms with van der Waals surface area (Å²) >= 11 is 0. The Kier molecular flexibility index (Phi) is 5.04. The fourth-order valence-electron chi connectivity index (χ4n) is 1.87. The highest BCUT2D eigenvalue weighted by atomic mass is 16.2. The first-order valence-corrected chi connectivity index (χ1v) is 5.65. The van der Waals surface area contributed by atoms with Gasteiger partial charge in [0.05, 0.1) is 0 Å². The van der Waals surface area contributed by atoms with Crippen LogP contribution in [0.25, 0.3) is 0 Å². The van der Waals surface area contributed by atoms with Crippen molar-refractivity contribution in [1.29, 1.82) is 0 Å². The van der Waals surface area contributed by atoms with Crippen molar-refractivity contribution in [2.45, 2.75) is 31.7 Å². The molecule has 1 aliphatic rings. The van der Waals surface area contributed by atoms with Crippen LogP contribution in [0.5, 0.6) is 0 Å². The zero-order valence-electron chi connectivity index (χ0n) is 9.45. The number of primary amides is 2. The molecule has 0 atom stereocenters. The monoisotopic (exact) mass is 228 g/mol. The van der Waals surface area contributed by atoms with E-state index in [4.69, 9.17) is 11.5 Å². The van der Waals surface area contributed by atoms with Crippen molar-refractivity contribution in [3.05, 3.63) is 0 Å². The van der Waals surface area contributed by atoms with E-state index >= 15 is 0 Å². The van der Waals surface area contributed by atoms with Gasteiger partial charge in [-0.2, -0.15) is 0 Å². The quantitative estimate of drug-likeness (QED) is 0.547. The molecule has 16 heavy (non-hydrogen) atoms. The van der Waals surface area contributed by atoms with Crippen LogP contribution in [-0.4, -0.2) is 42.5 Å². The number of amides is 3. The van der Waals surface area contributed by atoms with Gasteiger partial charge in [0.1, 0.15) is 0 Å². The highest BCUT2D eigenvalue weighted by molar-refractivity contribution is 5.73. The third kappa shape index (κ3) is 4.48. The number of hydrogen-bond donors (Lipinski definition) is 3. The Morgan fingerprint density at radius 1 is 1.25 bits per heavy atom. The van der Waals surface area contributed by atoms with Crippen LogP contribution >= 0.6 is 0 Å². The van der Waals surface area contributed by atoms with E-state index < -0.39 is 0 Å². The highest BCUT2D eigenvalue weighted by Gasteiger charge is 2.20. The predicted molar refractivity (Wildman–Crippen MR) is 60.6 cm³/mol. The molecule has 3 amide bonds. The van der Waals surface area contributed by atoms with Gasteiger partial charge in [-0.1, -0.05) is 0 Å². The SMILES string of the molecule is NC(=O)CCCNC1CCN(C(N)=O)CC1. The molecule has 1 rings (SSSR count). The van der Waals surface area contributed by atoms with Crippen LogP contribution in [-0.2, 0) is 4.79 Å². The van der Waals surface area contributed by atoms with E-state index in [0.29, 0.717) is 25.6 Å². The van der Waals surface area contributed by atoms with Crippen molar-refractivity contribution in [3.63, 3.8) is 0 Å². The van der Waals surface area contributed by atoms with Crippen LogP contribution in [0.1, 0.15) is 25.7 Å². The largest absolute Gasteiger partial charge is 0.370 e. The summed E-state index contributed by atoms with van der Waals surface area (Å²) in [6, 6.07) is 0.0793. The Labute approximate surface area is 95.3 Å². The molecular weight excluding hydrogens is 208 g/mol. The molecule has 1 fully saturated rings. The zero-order valence-corrected chi connectivity index (χ0v) is 9.45. The number of carbonyl (C=O) groups is 2. The van der Waals surface area contributed by atoms with Gasteiger partial charge in [-0.15, -0.1) is 0 Å². The normalized spacial score (nSPS) is 17.4. The second kappa shape index (κ2) is 6.32. The van der Waals surface area contributed by atoms with Crippen LogP contribution in [0, 0.1) is 0 Å². The van der Waals surface area contributed by atoms with E-state index in [1.807, 2.05) is 0 Å². The summed E-state index contributed by atoms with van der Waals surface area (Å²) in [5.41, 5.74) is 10.2. The average molecular weight is 228 g/mol. The molecule has 92 valence electrons. The van der Waals surface area contributed by atoms with Gasteiger partial charge in [0.25, 0.3) is 0 Å². The van der Waals surface area contributed by atoms with Gasteiger partial charge in [0.15, 0.2) is 0 Å². The number of rotatable bonds is 5. The van der Waals surface area contributed by atoms with Gasteiger partial charge in [0.2, 0.25) is 5.91 Å². The number of piperidine rings is 1. The number of nitrogens with zero attached hydrogens (tertiary/aromatic N) is 1. The number of nitrogens with one attached hydrogen (secondary N) is 1. The van der Waals surface area contributed by atoms with Crippen molar-refractivity contribution >= 4 is 11.9 Å². The maximum atomic E-state index is 10.9. The summed E-state index contributed by atoms with van der Waals surface area (Å²) < 4.78 is 0. The standard InChI is InChI=1S/C10H20N4O2/c11-9(15)2-1-5-13-8-3-6-14(7-4-8)10(12)16/h8,13H,1-7H2,(H2,11,15)(H2,12,16). The van der Waals surface area contributed by atoms with Crippen molar-refractivity contribution < 1.29 is 9.59 Å². The summed E-state index contributed by atoms with van der Waals surface area (Å²) in [6.07, 6.45) is 3.03. The highest BCUT2D eigenvalue weighted by Crippen LogP contribution is 2.09. The van der Waals surface area contributed by atoms with Crippen molar-refractivity contribution in [2.24, 2.45) is 11.5 Å². The van der Waals surface area contributed by atoms with E-state index in [1.165, 1.54) is 0 Å². The van der Waals surface area contributed by atoms with Crippen LogP contribution in [0.3, 0.4) is 0 Å². The molecule has 0 saturated carbocycles. The minimum Gasteiger partial charge on any atom is -0.370 e. The first-order valence-electron chi connectivity index (χ1n) is 5.65. The van der Waals surface area contributed by atoms with Crippen molar-refractivity contribution in [1.82, 2.24) is 10.2 Å². The third-order valence-electron chi connectivity index (χ3n) is 2.84. The Balaban J connectivity index is 2.08. The molecule has 6 heteroatoms. The van der Waals surface area contributed by atoms with E-state index in [2.05, 4.69) is 5.32 Å². The third-order valence-corrected chi connectivity index (χ3v) is 2.84. The lowest BCUT2D eigenvalue weighted by Gasteiger charge is -2.31. The molecule has 1 aliphatic heterocycles. The molecule has 0 radical (unpaired) electrons. The first kappa shape index (κ1) is 12.8. The maximum absolute atomic E-state index is 10.9. The Morgan fingerprint density at radius 3 is 2.38 bits per heavy atom. The topological polar surface area (TPSA) is 101 Å². The van der Waals surface area contributed by atoms with Gasteiger partial charge in [0, 0.05) is 25.6 Å². The fraction of sp³-hybridized carbons (Fsp3) is 0.800. The molecule has 1 saturated heterocycles. The van der Waals surface area contributed by atoms with E-state index in [1.54, 1.807) is 4.90 Å². The van der Waals surface area contributed by atoms with E-state index in [0.717, 1.165) is 25.8 Å². The van der Waals surface area contributed by atoms with Gasteiger partial charge in [-0.3, -0.25) is 4.79 Å². The van der Waals surface area contributed by atoms with Crippen molar-refractivity contribution in [2.75, 3.05) is 19.6 Å². The molecule has 0 aromatic heterocycles. The molecule has 0 bridgehead atoms. The Morgan fingerprint density at radius 2 is 1.88 bits per heavy atom. The van der Waals surface area contributed by atoms with Gasteiger partial charge < -0.3 is 21.7 Å². The molecule has 0 spiro atoms. The summed E-state index contributed by atoms with van der Waals surface area (Å²) in [5.74, 6) is -0.259. The number of carbonyl (C=O) groups excluding carboxylic acids is 2. The van der Waals surface area contributed by atoms with E-state index in [9.17, 15) is 9.59 Å². The smallest absolute Gasteiger partial charge is 0.314 e. The van der Waals surface area contributed by atoms with Crippen LogP contribution in [0.4, 0.5) is 4.79 Å². The number of nitrogens with two attached hydrogens (primary N) is 2. The van der Waals surface area contributed by atoms with Crippen LogP contribution in [0.2, 0.25) is 0 Å². The fourth-order valence-corrected chi connectivity index (χ4v) is 1.87. The van der Waals surface area contributed by atoms with E-state index in [-0.39, 0.29) is 11.9 Å². The molecule has 5 N–H and O–H groups in total. The maximum Gasteiger partial charge on any atom is 0.314 e. The average Bonchev–Trinajstić information content (AvgIpc) is 2.25. The lowest BCUT2D eigenvalue weighted by atomic mass is 10.1. The first-order chi connectivity index (χ1) is 7.59. The second-order valence-corrected chi connectivity index (χ2v) is 4.12. The molecule has 0 aliphatic carbocycles. The number of urea groups is 1. The molecule has 6 nitrogen and oxygen atoms in total. The molecular formula is C10H20N4O2. The number of likely N-dealkylation sites (tertiary alicyclic amines) is 1. The molecule has 0 aromatic carbocycles. The molecule has 0 unspecified atom stereocenters. The van der Waals surface area contributed by atoms with Gasteiger partial charge in [-0.25, -0.2) is 4.79 Å². The minimum absolute atomic E-state index is 0.259. The molecule has 0 aromatic rings. The summed E-state index contributed by atoms with van der Waals surface area (Å²) in [5, 5.41) is 3.35. The van der Waals surface area contributed by atoms with Gasteiger partial charge in [-0.05, 0) is 25.8 Å². The summed E-state index contributed by atoms with van der Waals surface area (Å²) in [6.45, 7) is 2.22. The lowest BCUT2D eigenvalue weighted by Crippen LogP contribution is -2.47. The second-order valence-electron chi connectivity index (χ2n) is 4.12.